The van der Waals surface area contributed by atoms with Crippen LogP contribution in [0, 0.1) is 0 Å². The Morgan fingerprint density at radius 1 is 0.347 bits per heavy atom. The summed E-state index contributed by atoms with van der Waals surface area (Å²) in [5.74, 6) is 0. The fourth-order valence-corrected chi connectivity index (χ4v) is 14.2. The molecule has 0 radical (unpaired) electrons. The van der Waals surface area contributed by atoms with Gasteiger partial charge in [-0.05, 0) is 128 Å². The Morgan fingerprint density at radius 2 is 0.867 bits per heavy atom. The smallest absolute Gasteiger partial charge is 0.160 e. The molecule has 12 aromatic carbocycles. The average Bonchev–Trinajstić information content (AvgIpc) is 4.38. The number of anilines is 6. The predicted molar refractivity (Wildman–Crippen MR) is 315 cm³/mol. The SMILES string of the molecule is c1ccc(-c2ccc(N(c3ccc4ccccc4c3)c3cc4c(c5c3oc3ccccc35)-c3c(cc(N(c5ccccc5)c5ccccc5)c5c3sc3ccccc35)C43c4ccccc4-c4ccccc43)cc2)cc1. The Kier molecular flexibility index (Phi) is 9.12. The second kappa shape index (κ2) is 16.3. The van der Waals surface area contributed by atoms with Crippen molar-refractivity contribution in [3.63, 3.8) is 0 Å². The van der Waals surface area contributed by atoms with E-state index in [0.717, 1.165) is 61.6 Å². The zero-order valence-corrected chi connectivity index (χ0v) is 41.4. The quantitative estimate of drug-likeness (QED) is 0.159. The summed E-state index contributed by atoms with van der Waals surface area (Å²) in [6.45, 7) is 0. The summed E-state index contributed by atoms with van der Waals surface area (Å²) in [7, 11) is 0. The third-order valence-electron chi connectivity index (χ3n) is 16.0. The first kappa shape index (κ1) is 42.1. The van der Waals surface area contributed by atoms with E-state index in [9.17, 15) is 0 Å². The van der Waals surface area contributed by atoms with Crippen molar-refractivity contribution in [3.8, 4) is 33.4 Å². The van der Waals surface area contributed by atoms with E-state index < -0.39 is 5.41 Å². The number of fused-ring (bicyclic) bond motifs is 19. The topological polar surface area (TPSA) is 19.6 Å². The molecule has 0 N–H and O–H groups in total. The lowest BCUT2D eigenvalue weighted by Crippen LogP contribution is -2.26. The van der Waals surface area contributed by atoms with Gasteiger partial charge in [0.2, 0.25) is 0 Å². The van der Waals surface area contributed by atoms with Crippen LogP contribution >= 0.6 is 11.3 Å². The number of rotatable bonds is 7. The molecular weight excluding hydrogens is 929 g/mol. The van der Waals surface area contributed by atoms with E-state index in [2.05, 4.69) is 277 Å². The number of furan rings is 1. The first-order valence-electron chi connectivity index (χ1n) is 25.7. The number of thiophene rings is 1. The average molecular weight is 973 g/mol. The maximum atomic E-state index is 7.42. The zero-order chi connectivity index (χ0) is 49.2. The molecule has 14 aromatic rings. The molecule has 2 aliphatic rings. The van der Waals surface area contributed by atoms with Gasteiger partial charge in [0.15, 0.2) is 5.58 Å². The highest BCUT2D eigenvalue weighted by Gasteiger charge is 2.54. The van der Waals surface area contributed by atoms with E-state index in [-0.39, 0.29) is 0 Å². The van der Waals surface area contributed by atoms with Crippen LogP contribution in [0.25, 0.3) is 86.3 Å². The molecule has 2 aromatic heterocycles. The maximum Gasteiger partial charge on any atom is 0.160 e. The fourth-order valence-electron chi connectivity index (χ4n) is 12.9. The van der Waals surface area contributed by atoms with Gasteiger partial charge in [0.05, 0.1) is 16.8 Å². The van der Waals surface area contributed by atoms with Gasteiger partial charge in [-0.25, -0.2) is 0 Å². The Hall–Kier alpha value is -9.48. The van der Waals surface area contributed by atoms with Crippen molar-refractivity contribution in [2.45, 2.75) is 5.41 Å². The van der Waals surface area contributed by atoms with Crippen LogP contribution in [-0.2, 0) is 5.41 Å². The van der Waals surface area contributed by atoms with Crippen LogP contribution in [-0.4, -0.2) is 0 Å². The Balaban J connectivity index is 1.09. The van der Waals surface area contributed by atoms with E-state index in [1.165, 1.54) is 81.0 Å². The number of nitrogens with zero attached hydrogens (tertiary/aromatic N) is 2. The van der Waals surface area contributed by atoms with E-state index in [0.29, 0.717) is 0 Å². The summed E-state index contributed by atoms with van der Waals surface area (Å²) in [5.41, 5.74) is 19.9. The normalized spacial score (nSPS) is 12.9. The molecule has 1 spiro atoms. The summed E-state index contributed by atoms with van der Waals surface area (Å²) < 4.78 is 9.94. The van der Waals surface area contributed by atoms with Crippen LogP contribution in [0.2, 0.25) is 0 Å². The predicted octanol–water partition coefficient (Wildman–Crippen LogP) is 20.1. The molecule has 0 atom stereocenters. The first-order chi connectivity index (χ1) is 37.2. The van der Waals surface area contributed by atoms with Gasteiger partial charge in [-0.15, -0.1) is 11.3 Å². The molecule has 3 nitrogen and oxygen atoms in total. The minimum absolute atomic E-state index is 0.733. The lowest BCUT2D eigenvalue weighted by atomic mass is 9.70. The van der Waals surface area contributed by atoms with Gasteiger partial charge in [-0.3, -0.25) is 0 Å². The summed E-state index contributed by atoms with van der Waals surface area (Å²) in [5, 5.41) is 7.07. The Labute approximate surface area is 438 Å². The minimum atomic E-state index is -0.733. The van der Waals surface area contributed by atoms with E-state index in [1.807, 2.05) is 11.3 Å². The maximum absolute atomic E-state index is 7.42. The van der Waals surface area contributed by atoms with Gasteiger partial charge >= 0.3 is 0 Å². The van der Waals surface area contributed by atoms with Crippen LogP contribution in [0.15, 0.2) is 271 Å². The number of hydrogen-bond acceptors (Lipinski definition) is 4. The van der Waals surface area contributed by atoms with Gasteiger partial charge in [-0.2, -0.15) is 0 Å². The third-order valence-corrected chi connectivity index (χ3v) is 17.2. The second-order valence-electron chi connectivity index (χ2n) is 19.9. The molecular formula is C71H44N2OS. The van der Waals surface area contributed by atoms with Gasteiger partial charge in [0.25, 0.3) is 0 Å². The van der Waals surface area contributed by atoms with Crippen molar-refractivity contribution in [1.82, 2.24) is 0 Å². The monoisotopic (exact) mass is 972 g/mol. The van der Waals surface area contributed by atoms with Crippen LogP contribution in [0.1, 0.15) is 22.3 Å². The molecule has 0 amide bonds. The van der Waals surface area contributed by atoms with Crippen LogP contribution < -0.4 is 9.80 Å². The molecule has 4 heteroatoms. The Bertz CT molecular complexity index is 4510. The van der Waals surface area contributed by atoms with E-state index >= 15 is 0 Å². The number of para-hydroxylation sites is 3. The van der Waals surface area contributed by atoms with Crippen LogP contribution in [0.3, 0.4) is 0 Å². The highest BCUT2D eigenvalue weighted by Crippen LogP contribution is 2.68. The van der Waals surface area contributed by atoms with Crippen molar-refractivity contribution < 1.29 is 4.42 Å². The lowest BCUT2D eigenvalue weighted by molar-refractivity contribution is 0.668. The summed E-state index contributed by atoms with van der Waals surface area (Å²) in [6, 6.07) is 98.2. The molecule has 16 rings (SSSR count). The van der Waals surface area contributed by atoms with Gasteiger partial charge in [-0.1, -0.05) is 194 Å². The molecule has 350 valence electrons. The number of hydrogen-bond donors (Lipinski definition) is 0. The van der Waals surface area contributed by atoms with Crippen molar-refractivity contribution in [1.29, 1.82) is 0 Å². The molecule has 0 unspecified atom stereocenters. The van der Waals surface area contributed by atoms with Gasteiger partial charge in [0.1, 0.15) is 5.58 Å². The number of benzene rings is 12. The first-order valence-corrected chi connectivity index (χ1v) is 26.6. The standard InChI is InChI=1S/C71H44N2OS/c1-4-20-45(21-5-1)47-36-39-51(40-37-47)73(52-41-38-46-22-10-11-23-48(46)42-52)62-44-59-67(66-55-30-14-18-34-63(55)74-69(62)66)68-60(71(59)57-32-16-12-28-53(57)54-29-13-17-33-58(54)71)43-61(65-56-31-15-19-35-64(56)75-70(65)68)72(49-24-6-2-7-25-49)50-26-8-3-9-27-50/h1-44H. The molecule has 0 saturated heterocycles. The van der Waals surface area contributed by atoms with Crippen molar-refractivity contribution in [3.05, 3.63) is 289 Å². The summed E-state index contributed by atoms with van der Waals surface area (Å²) in [6.07, 6.45) is 0. The largest absolute Gasteiger partial charge is 0.454 e. The Morgan fingerprint density at radius 3 is 1.59 bits per heavy atom. The van der Waals surface area contributed by atoms with Crippen molar-refractivity contribution in [2.24, 2.45) is 0 Å². The fraction of sp³-hybridized carbons (Fsp3) is 0.0141. The van der Waals surface area contributed by atoms with Crippen molar-refractivity contribution in [2.75, 3.05) is 9.80 Å². The van der Waals surface area contributed by atoms with E-state index in [1.54, 1.807) is 0 Å². The molecule has 0 aliphatic heterocycles. The third kappa shape index (κ3) is 6.03. The van der Waals surface area contributed by atoms with Gasteiger partial charge < -0.3 is 14.2 Å². The van der Waals surface area contributed by atoms with Gasteiger partial charge in [0, 0.05) is 64.8 Å². The molecule has 0 saturated carbocycles. The molecule has 75 heavy (non-hydrogen) atoms. The lowest BCUT2D eigenvalue weighted by Gasteiger charge is -2.33. The molecule has 0 bridgehead atoms. The summed E-state index contributed by atoms with van der Waals surface area (Å²) >= 11 is 1.91. The zero-order valence-electron chi connectivity index (χ0n) is 40.6. The molecule has 2 aliphatic carbocycles. The highest BCUT2D eigenvalue weighted by atomic mass is 32.1. The highest BCUT2D eigenvalue weighted by molar-refractivity contribution is 7.26. The minimum Gasteiger partial charge on any atom is -0.454 e. The molecule has 0 fully saturated rings. The second-order valence-corrected chi connectivity index (χ2v) is 20.9. The van der Waals surface area contributed by atoms with Crippen LogP contribution in [0.5, 0.6) is 0 Å². The summed E-state index contributed by atoms with van der Waals surface area (Å²) in [4.78, 5) is 4.93. The molecule has 2 heterocycles. The van der Waals surface area contributed by atoms with Crippen molar-refractivity contribution >= 4 is 98.3 Å². The van der Waals surface area contributed by atoms with E-state index in [4.69, 9.17) is 4.42 Å². The van der Waals surface area contributed by atoms with Crippen LogP contribution in [0.4, 0.5) is 34.1 Å².